The molecule has 0 radical (unpaired) electrons. The van der Waals surface area contributed by atoms with Crippen molar-refractivity contribution in [2.45, 2.75) is 36.2 Å². The number of fused-ring (bicyclic) bond motifs is 3. The summed E-state index contributed by atoms with van der Waals surface area (Å²) in [6.45, 7) is 1.74. The Morgan fingerprint density at radius 3 is 2.80 bits per heavy atom. The van der Waals surface area contributed by atoms with Crippen molar-refractivity contribution in [2.75, 3.05) is 19.6 Å². The molecule has 4 rings (SSSR count). The predicted molar refractivity (Wildman–Crippen MR) is 96.6 cm³/mol. The normalized spacial score (nSPS) is 28.0. The standard InChI is InChI=1S/C16H20N4O3S.ClH/c21-15(20-11-5-6-12(20)9-17-8-7-11)10-18-16-13-3-1-2-4-14(13)24(22,23)19-16;/h1-4,11-12,17H,5-10H2,(H,18,19);1H. The Bertz CT molecular complexity index is 797. The number of carbonyl (C=O) groups excluding carboxylic acids is 1. The zero-order valence-corrected chi connectivity index (χ0v) is 15.3. The van der Waals surface area contributed by atoms with Crippen LogP contribution < -0.4 is 10.0 Å². The molecular weight excluding hydrogens is 364 g/mol. The lowest BCUT2D eigenvalue weighted by molar-refractivity contribution is -0.132. The summed E-state index contributed by atoms with van der Waals surface area (Å²) in [5.74, 6) is 0.238. The van der Waals surface area contributed by atoms with Crippen LogP contribution in [0.15, 0.2) is 34.2 Å². The Morgan fingerprint density at radius 2 is 1.96 bits per heavy atom. The van der Waals surface area contributed by atoms with E-state index >= 15 is 0 Å². The molecule has 3 aliphatic heterocycles. The molecule has 2 N–H and O–H groups in total. The van der Waals surface area contributed by atoms with Crippen LogP contribution in [0.4, 0.5) is 0 Å². The number of halogens is 1. The smallest absolute Gasteiger partial charge is 0.263 e. The van der Waals surface area contributed by atoms with E-state index in [4.69, 9.17) is 0 Å². The minimum absolute atomic E-state index is 0. The van der Waals surface area contributed by atoms with Crippen LogP contribution >= 0.6 is 12.4 Å². The van der Waals surface area contributed by atoms with Gasteiger partial charge in [0.1, 0.15) is 12.4 Å². The first-order valence-corrected chi connectivity index (χ1v) is 9.73. The fraction of sp³-hybridized carbons (Fsp3) is 0.500. The maximum absolute atomic E-state index is 12.7. The van der Waals surface area contributed by atoms with Gasteiger partial charge in [-0.15, -0.1) is 12.4 Å². The average Bonchev–Trinajstić information content (AvgIpc) is 2.98. The van der Waals surface area contributed by atoms with Gasteiger partial charge in [0.2, 0.25) is 5.91 Å². The molecule has 0 spiro atoms. The summed E-state index contributed by atoms with van der Waals surface area (Å²) in [7, 11) is -3.56. The van der Waals surface area contributed by atoms with Gasteiger partial charge in [0.05, 0.1) is 4.90 Å². The maximum atomic E-state index is 12.7. The number of hydrogen-bond acceptors (Lipinski definition) is 5. The molecule has 3 heterocycles. The third kappa shape index (κ3) is 3.26. The second kappa shape index (κ2) is 6.93. The van der Waals surface area contributed by atoms with Crippen LogP contribution in [0.5, 0.6) is 0 Å². The fourth-order valence-electron chi connectivity index (χ4n) is 3.87. The van der Waals surface area contributed by atoms with E-state index in [2.05, 4.69) is 15.0 Å². The van der Waals surface area contributed by atoms with Crippen LogP contribution in [0, 0.1) is 0 Å². The number of carbonyl (C=O) groups is 1. The largest absolute Gasteiger partial charge is 0.334 e. The number of sulfonamides is 1. The maximum Gasteiger partial charge on any atom is 0.263 e. The molecule has 0 aliphatic carbocycles. The predicted octanol–water partition coefficient (Wildman–Crippen LogP) is 0.500. The second-order valence-corrected chi connectivity index (χ2v) is 8.10. The molecule has 2 bridgehead atoms. The van der Waals surface area contributed by atoms with Gasteiger partial charge in [-0.2, -0.15) is 0 Å². The van der Waals surface area contributed by atoms with Gasteiger partial charge >= 0.3 is 0 Å². The van der Waals surface area contributed by atoms with Crippen molar-refractivity contribution < 1.29 is 13.2 Å². The van der Waals surface area contributed by atoms with E-state index in [0.717, 1.165) is 32.4 Å². The fourth-order valence-corrected chi connectivity index (χ4v) is 5.12. The minimum Gasteiger partial charge on any atom is -0.334 e. The van der Waals surface area contributed by atoms with Crippen molar-refractivity contribution in [3.8, 4) is 0 Å². The van der Waals surface area contributed by atoms with Gasteiger partial charge < -0.3 is 10.2 Å². The van der Waals surface area contributed by atoms with Crippen molar-refractivity contribution >= 4 is 34.2 Å². The van der Waals surface area contributed by atoms with Gasteiger partial charge in [0.25, 0.3) is 10.0 Å². The number of nitrogens with zero attached hydrogens (tertiary/aromatic N) is 2. The first-order valence-electron chi connectivity index (χ1n) is 8.25. The van der Waals surface area contributed by atoms with E-state index in [-0.39, 0.29) is 47.7 Å². The summed E-state index contributed by atoms with van der Waals surface area (Å²) in [4.78, 5) is 19.1. The van der Waals surface area contributed by atoms with Gasteiger partial charge in [-0.25, -0.2) is 8.42 Å². The highest BCUT2D eigenvalue weighted by atomic mass is 35.5. The molecule has 25 heavy (non-hydrogen) atoms. The van der Waals surface area contributed by atoms with E-state index in [1.54, 1.807) is 24.3 Å². The van der Waals surface area contributed by atoms with Gasteiger partial charge in [-0.1, -0.05) is 12.1 Å². The van der Waals surface area contributed by atoms with Crippen molar-refractivity contribution in [1.29, 1.82) is 0 Å². The summed E-state index contributed by atoms with van der Waals surface area (Å²) >= 11 is 0. The van der Waals surface area contributed by atoms with Crippen LogP contribution in [-0.4, -0.2) is 56.8 Å². The van der Waals surface area contributed by atoms with Crippen LogP contribution in [0.1, 0.15) is 24.8 Å². The molecule has 2 unspecified atom stereocenters. The van der Waals surface area contributed by atoms with Crippen molar-refractivity contribution in [3.63, 3.8) is 0 Å². The van der Waals surface area contributed by atoms with E-state index in [0.29, 0.717) is 5.56 Å². The highest BCUT2D eigenvalue weighted by molar-refractivity contribution is 7.90. The van der Waals surface area contributed by atoms with Crippen LogP contribution in [-0.2, 0) is 14.8 Å². The quantitative estimate of drug-likeness (QED) is 0.776. The summed E-state index contributed by atoms with van der Waals surface area (Å²) in [6, 6.07) is 7.20. The zero-order chi connectivity index (χ0) is 16.7. The van der Waals surface area contributed by atoms with E-state index in [9.17, 15) is 13.2 Å². The Labute approximate surface area is 153 Å². The topological polar surface area (TPSA) is 90.9 Å². The lowest BCUT2D eigenvalue weighted by atomic mass is 10.1. The van der Waals surface area contributed by atoms with Gasteiger partial charge in [-0.05, 0) is 37.9 Å². The summed E-state index contributed by atoms with van der Waals surface area (Å²) in [5, 5.41) is 3.36. The molecule has 1 aromatic rings. The van der Waals surface area contributed by atoms with Crippen molar-refractivity contribution in [3.05, 3.63) is 29.8 Å². The van der Waals surface area contributed by atoms with E-state index in [1.165, 1.54) is 0 Å². The molecule has 2 atom stereocenters. The molecule has 0 aromatic heterocycles. The van der Waals surface area contributed by atoms with Crippen LogP contribution in [0.3, 0.4) is 0 Å². The monoisotopic (exact) mass is 384 g/mol. The lowest BCUT2D eigenvalue weighted by Crippen LogP contribution is -2.43. The van der Waals surface area contributed by atoms with Crippen molar-refractivity contribution in [1.82, 2.24) is 14.9 Å². The van der Waals surface area contributed by atoms with Crippen molar-refractivity contribution in [2.24, 2.45) is 4.99 Å². The summed E-state index contributed by atoms with van der Waals surface area (Å²) in [6.07, 6.45) is 3.04. The number of amidine groups is 1. The Hall–Kier alpha value is -1.64. The average molecular weight is 385 g/mol. The number of benzene rings is 1. The molecule has 7 nitrogen and oxygen atoms in total. The number of rotatable bonds is 2. The van der Waals surface area contributed by atoms with Crippen LogP contribution in [0.25, 0.3) is 0 Å². The SMILES string of the molecule is Cl.O=C(CN=C1NS(=O)(=O)c2ccccc21)N1C2CCNCC1CC2. The Kier molecular flexibility index (Phi) is 5.04. The number of hydrogen-bond donors (Lipinski definition) is 2. The second-order valence-electron chi connectivity index (χ2n) is 6.45. The molecule has 3 aliphatic rings. The Morgan fingerprint density at radius 1 is 1.20 bits per heavy atom. The highest BCUT2D eigenvalue weighted by Gasteiger charge is 2.38. The molecule has 2 saturated heterocycles. The molecule has 1 amide bonds. The minimum atomic E-state index is -3.56. The molecule has 9 heteroatoms. The first-order chi connectivity index (χ1) is 11.6. The van der Waals surface area contributed by atoms with Gasteiger partial charge in [-0.3, -0.25) is 14.5 Å². The third-order valence-electron chi connectivity index (χ3n) is 4.98. The van der Waals surface area contributed by atoms with E-state index in [1.807, 2.05) is 4.90 Å². The summed E-state index contributed by atoms with van der Waals surface area (Å²) in [5.41, 5.74) is 0.533. The molecule has 2 fully saturated rings. The lowest BCUT2D eigenvalue weighted by Gasteiger charge is -2.27. The highest BCUT2D eigenvalue weighted by Crippen LogP contribution is 2.28. The molecule has 1 aromatic carbocycles. The van der Waals surface area contributed by atoms with Gasteiger partial charge in [0.15, 0.2) is 0 Å². The van der Waals surface area contributed by atoms with E-state index < -0.39 is 10.0 Å². The summed E-state index contributed by atoms with van der Waals surface area (Å²) < 4.78 is 26.6. The number of nitrogens with one attached hydrogen (secondary N) is 2. The number of aliphatic imine (C=N–C) groups is 1. The van der Waals surface area contributed by atoms with Crippen LogP contribution in [0.2, 0.25) is 0 Å². The molecule has 136 valence electrons. The van der Waals surface area contributed by atoms with Gasteiger partial charge in [0, 0.05) is 24.2 Å². The Balaban J connectivity index is 0.00000182. The number of amides is 1. The third-order valence-corrected chi connectivity index (χ3v) is 6.37. The zero-order valence-electron chi connectivity index (χ0n) is 13.6. The molecular formula is C16H21ClN4O3S. The molecule has 0 saturated carbocycles. The first kappa shape index (κ1) is 18.2.